The molecule has 0 fully saturated rings. The number of hydrogen-bond acceptors (Lipinski definition) is 8. The molecule has 0 amide bonds. The SMILES string of the molecule is CO[C@H]1CCC(O)c2nc(C(=O)CCc3ccc(F)cc3)c(OS(=O)(=O)c3ccccc3)c(=O)n2C1. The average Bonchev–Trinajstić information content (AvgIpc) is 3.04. The zero-order chi connectivity index (χ0) is 25.9. The van der Waals surface area contributed by atoms with Crippen molar-refractivity contribution in [3.8, 4) is 5.75 Å². The van der Waals surface area contributed by atoms with Gasteiger partial charge in [-0.05, 0) is 49.1 Å². The van der Waals surface area contributed by atoms with Gasteiger partial charge in [0.15, 0.2) is 11.5 Å². The largest absolute Gasteiger partial charge is 0.385 e. The number of hydrogen-bond donors (Lipinski definition) is 1. The maximum atomic E-state index is 13.5. The third kappa shape index (κ3) is 5.53. The normalized spacial score (nSPS) is 17.8. The van der Waals surface area contributed by atoms with Crippen LogP contribution in [0, 0.1) is 5.82 Å². The van der Waals surface area contributed by atoms with Crippen LogP contribution in [0.3, 0.4) is 0 Å². The van der Waals surface area contributed by atoms with Crippen LogP contribution >= 0.6 is 0 Å². The van der Waals surface area contributed by atoms with Gasteiger partial charge >= 0.3 is 10.1 Å². The summed E-state index contributed by atoms with van der Waals surface area (Å²) in [6, 6.07) is 12.8. The third-order valence-corrected chi connectivity index (χ3v) is 7.22. The lowest BCUT2D eigenvalue weighted by molar-refractivity contribution is 0.0740. The van der Waals surface area contributed by atoms with E-state index < -0.39 is 50.9 Å². The molecule has 1 aliphatic heterocycles. The number of fused-ring (bicyclic) bond motifs is 1. The van der Waals surface area contributed by atoms with E-state index in [-0.39, 0.29) is 36.5 Å². The smallest absolute Gasteiger partial charge is 0.339 e. The highest BCUT2D eigenvalue weighted by molar-refractivity contribution is 7.87. The van der Waals surface area contributed by atoms with E-state index in [4.69, 9.17) is 8.92 Å². The second-order valence-electron chi connectivity index (χ2n) is 8.41. The molecule has 2 heterocycles. The van der Waals surface area contributed by atoms with Gasteiger partial charge in [-0.2, -0.15) is 8.42 Å². The molecule has 0 saturated carbocycles. The standard InChI is InChI=1S/C25H25FN2O7S/c1-34-18-12-14-21(30)24-27-22(20(29)13-9-16-7-10-17(26)11-8-16)23(25(31)28(24)15-18)35-36(32,33)19-5-3-2-4-6-19/h2-8,10-11,18,21,30H,9,12-15H2,1H3/t18-,21?/m0/s1. The number of methoxy groups -OCH3 is 1. The van der Waals surface area contributed by atoms with Crippen molar-refractivity contribution in [2.24, 2.45) is 0 Å². The predicted octanol–water partition coefficient (Wildman–Crippen LogP) is 2.81. The second-order valence-corrected chi connectivity index (χ2v) is 9.96. The number of ketones is 1. The Kier molecular flexibility index (Phi) is 7.62. The highest BCUT2D eigenvalue weighted by atomic mass is 32.2. The van der Waals surface area contributed by atoms with Crippen molar-refractivity contribution in [3.63, 3.8) is 0 Å². The molecule has 4 rings (SSSR count). The highest BCUT2D eigenvalue weighted by Crippen LogP contribution is 2.27. The van der Waals surface area contributed by atoms with Crippen molar-refractivity contribution < 1.29 is 31.6 Å². The van der Waals surface area contributed by atoms with E-state index >= 15 is 0 Å². The maximum absolute atomic E-state index is 13.5. The summed E-state index contributed by atoms with van der Waals surface area (Å²) >= 11 is 0. The van der Waals surface area contributed by atoms with E-state index in [0.717, 1.165) is 4.57 Å². The van der Waals surface area contributed by atoms with Gasteiger partial charge < -0.3 is 14.0 Å². The van der Waals surface area contributed by atoms with Gasteiger partial charge in [0.25, 0.3) is 5.56 Å². The highest BCUT2D eigenvalue weighted by Gasteiger charge is 2.32. The van der Waals surface area contributed by atoms with E-state index in [1.807, 2.05) is 0 Å². The van der Waals surface area contributed by atoms with E-state index in [1.165, 1.54) is 55.6 Å². The van der Waals surface area contributed by atoms with E-state index in [1.54, 1.807) is 6.07 Å². The Hall–Kier alpha value is -3.41. The lowest BCUT2D eigenvalue weighted by Crippen LogP contribution is -2.33. The molecule has 11 heteroatoms. The zero-order valence-electron chi connectivity index (χ0n) is 19.5. The van der Waals surface area contributed by atoms with Gasteiger partial charge in [0.05, 0.1) is 12.6 Å². The number of nitrogens with zero attached hydrogens (tertiary/aromatic N) is 2. The maximum Gasteiger partial charge on any atom is 0.339 e. The number of Topliss-reactive ketones (excluding diaryl/α,β-unsaturated/α-hetero) is 1. The van der Waals surface area contributed by atoms with Crippen LogP contribution in [0.1, 0.15) is 47.2 Å². The number of aliphatic hydroxyl groups is 1. The van der Waals surface area contributed by atoms with Gasteiger partial charge in [0, 0.05) is 13.5 Å². The van der Waals surface area contributed by atoms with E-state index in [9.17, 15) is 27.5 Å². The minimum Gasteiger partial charge on any atom is -0.385 e. The van der Waals surface area contributed by atoms with Crippen LogP contribution in [0.5, 0.6) is 5.75 Å². The Morgan fingerprint density at radius 2 is 1.83 bits per heavy atom. The van der Waals surface area contributed by atoms with Crippen molar-refractivity contribution in [1.82, 2.24) is 9.55 Å². The molecule has 2 atom stereocenters. The predicted molar refractivity (Wildman–Crippen MR) is 127 cm³/mol. The van der Waals surface area contributed by atoms with Crippen molar-refractivity contribution in [2.45, 2.75) is 49.3 Å². The Bertz CT molecular complexity index is 1410. The van der Waals surface area contributed by atoms with Crippen molar-refractivity contribution in [1.29, 1.82) is 0 Å². The summed E-state index contributed by atoms with van der Waals surface area (Å²) < 4.78 is 50.8. The Morgan fingerprint density at radius 1 is 1.14 bits per heavy atom. The molecule has 1 N–H and O–H groups in total. The number of aryl methyl sites for hydroxylation is 1. The van der Waals surface area contributed by atoms with Crippen LogP contribution < -0.4 is 9.74 Å². The molecule has 3 aromatic rings. The number of carbonyl (C=O) groups is 1. The molecule has 2 aromatic carbocycles. The Labute approximate surface area is 207 Å². The van der Waals surface area contributed by atoms with Gasteiger partial charge in [0.2, 0.25) is 5.75 Å². The summed E-state index contributed by atoms with van der Waals surface area (Å²) in [5.41, 5.74) is -0.728. The number of ether oxygens (including phenoxy) is 1. The first kappa shape index (κ1) is 25.7. The van der Waals surface area contributed by atoms with Gasteiger partial charge in [-0.25, -0.2) is 9.37 Å². The number of aromatic nitrogens is 2. The summed E-state index contributed by atoms with van der Waals surface area (Å²) in [5, 5.41) is 10.6. The minimum absolute atomic E-state index is 0.000517. The molecule has 1 aliphatic rings. The van der Waals surface area contributed by atoms with Crippen LogP contribution in [0.4, 0.5) is 4.39 Å². The number of aliphatic hydroxyl groups excluding tert-OH is 1. The van der Waals surface area contributed by atoms with Crippen molar-refractivity contribution >= 4 is 15.9 Å². The lowest BCUT2D eigenvalue weighted by atomic mass is 10.1. The minimum atomic E-state index is -4.47. The van der Waals surface area contributed by atoms with Gasteiger partial charge in [-0.15, -0.1) is 0 Å². The first-order chi connectivity index (χ1) is 17.2. The summed E-state index contributed by atoms with van der Waals surface area (Å²) in [4.78, 5) is 30.7. The van der Waals surface area contributed by atoms with Crippen LogP contribution in [-0.4, -0.2) is 42.1 Å². The van der Waals surface area contributed by atoms with Crippen LogP contribution in [0.25, 0.3) is 0 Å². The van der Waals surface area contributed by atoms with Gasteiger partial charge in [-0.1, -0.05) is 30.3 Å². The summed E-state index contributed by atoms with van der Waals surface area (Å²) in [5.74, 6) is -1.88. The molecule has 0 spiro atoms. The first-order valence-corrected chi connectivity index (χ1v) is 12.7. The molecular formula is C25H25FN2O7S. The lowest BCUT2D eigenvalue weighted by Gasteiger charge is -2.18. The van der Waals surface area contributed by atoms with Crippen molar-refractivity contribution in [3.05, 3.63) is 87.9 Å². The molecular weight excluding hydrogens is 491 g/mol. The molecule has 9 nitrogen and oxygen atoms in total. The monoisotopic (exact) mass is 516 g/mol. The van der Waals surface area contributed by atoms with Crippen LogP contribution in [-0.2, 0) is 27.8 Å². The number of rotatable bonds is 8. The van der Waals surface area contributed by atoms with Gasteiger partial charge in [0.1, 0.15) is 22.6 Å². The topological polar surface area (TPSA) is 125 Å². The van der Waals surface area contributed by atoms with Crippen LogP contribution in [0.2, 0.25) is 0 Å². The first-order valence-electron chi connectivity index (χ1n) is 11.3. The molecule has 0 saturated heterocycles. The summed E-state index contributed by atoms with van der Waals surface area (Å²) in [6.07, 6.45) is -0.901. The summed E-state index contributed by atoms with van der Waals surface area (Å²) in [7, 11) is -3.01. The Morgan fingerprint density at radius 3 is 2.50 bits per heavy atom. The van der Waals surface area contributed by atoms with Crippen molar-refractivity contribution in [2.75, 3.05) is 7.11 Å². The fourth-order valence-corrected chi connectivity index (χ4v) is 4.94. The van der Waals surface area contributed by atoms with E-state index in [0.29, 0.717) is 12.0 Å². The number of benzene rings is 2. The fraction of sp³-hybridized carbons (Fsp3) is 0.320. The number of carbonyl (C=O) groups excluding carboxylic acids is 1. The molecule has 1 unspecified atom stereocenters. The molecule has 0 bridgehead atoms. The molecule has 0 aliphatic carbocycles. The average molecular weight is 517 g/mol. The van der Waals surface area contributed by atoms with Crippen LogP contribution in [0.15, 0.2) is 64.3 Å². The van der Waals surface area contributed by atoms with E-state index in [2.05, 4.69) is 4.98 Å². The molecule has 0 radical (unpaired) electrons. The molecule has 190 valence electrons. The Balaban J connectivity index is 1.78. The zero-order valence-corrected chi connectivity index (χ0v) is 20.3. The second kappa shape index (κ2) is 10.7. The summed E-state index contributed by atoms with van der Waals surface area (Å²) in [6.45, 7) is 0.000517. The molecule has 36 heavy (non-hydrogen) atoms. The molecule has 1 aromatic heterocycles. The van der Waals surface area contributed by atoms with Gasteiger partial charge in [-0.3, -0.25) is 14.2 Å². The third-order valence-electron chi connectivity index (χ3n) is 5.98. The fourth-order valence-electron chi connectivity index (χ4n) is 3.98. The quantitative estimate of drug-likeness (QED) is 0.358. The number of halogens is 1.